The number of ether oxygens (including phenoxy) is 1. The topological polar surface area (TPSA) is 64.3 Å². The minimum absolute atomic E-state index is 0.498. The molecule has 0 aliphatic heterocycles. The molecule has 21 heavy (non-hydrogen) atoms. The van der Waals surface area contributed by atoms with Gasteiger partial charge in [-0.25, -0.2) is 9.97 Å². The van der Waals surface area contributed by atoms with Gasteiger partial charge in [0.05, 0.1) is 7.11 Å². The summed E-state index contributed by atoms with van der Waals surface area (Å²) in [7, 11) is 3.69. The number of hydrogen-bond acceptors (Lipinski definition) is 5. The highest BCUT2D eigenvalue weighted by Gasteiger charge is 2.27. The van der Waals surface area contributed by atoms with Crippen LogP contribution in [-0.2, 0) is 6.54 Å². The summed E-state index contributed by atoms with van der Waals surface area (Å²) in [6.45, 7) is 0.748. The van der Waals surface area contributed by atoms with Gasteiger partial charge < -0.3 is 15.4 Å². The van der Waals surface area contributed by atoms with Gasteiger partial charge in [0.1, 0.15) is 23.2 Å². The van der Waals surface area contributed by atoms with Crippen molar-refractivity contribution in [1.82, 2.24) is 9.97 Å². The maximum absolute atomic E-state index is 5.90. The number of nitrogen functional groups attached to an aromatic ring is 1. The van der Waals surface area contributed by atoms with E-state index in [1.165, 1.54) is 18.4 Å². The van der Waals surface area contributed by atoms with E-state index < -0.39 is 0 Å². The summed E-state index contributed by atoms with van der Waals surface area (Å²) in [5, 5.41) is 0. The van der Waals surface area contributed by atoms with Gasteiger partial charge in [0.25, 0.3) is 0 Å². The van der Waals surface area contributed by atoms with Gasteiger partial charge in [-0.3, -0.25) is 0 Å². The fourth-order valence-corrected chi connectivity index (χ4v) is 2.32. The van der Waals surface area contributed by atoms with E-state index in [1.807, 2.05) is 31.3 Å². The van der Waals surface area contributed by atoms with Crippen LogP contribution in [0.2, 0.25) is 0 Å². The summed E-state index contributed by atoms with van der Waals surface area (Å²) in [6.07, 6.45) is 2.34. The first-order valence-electron chi connectivity index (χ1n) is 7.14. The molecule has 1 aromatic heterocycles. The lowest BCUT2D eigenvalue weighted by Crippen LogP contribution is -2.19. The van der Waals surface area contributed by atoms with E-state index in [2.05, 4.69) is 20.9 Å². The standard InChI is InChI=1S/C16H20N4O/c1-20(10-11-4-3-5-13(8-11)21-2)15-9-14(17)18-16(19-15)12-6-7-12/h3-5,8-9,12H,6-7,10H2,1-2H3,(H2,17,18,19). The molecule has 0 bridgehead atoms. The molecule has 0 saturated heterocycles. The largest absolute Gasteiger partial charge is 0.497 e. The first kappa shape index (κ1) is 13.7. The summed E-state index contributed by atoms with van der Waals surface area (Å²) in [6, 6.07) is 9.86. The average Bonchev–Trinajstić information content (AvgIpc) is 3.31. The quantitative estimate of drug-likeness (QED) is 0.914. The van der Waals surface area contributed by atoms with Crippen molar-refractivity contribution in [2.24, 2.45) is 0 Å². The molecule has 2 aromatic rings. The van der Waals surface area contributed by atoms with Crippen LogP contribution < -0.4 is 15.4 Å². The van der Waals surface area contributed by atoms with Crippen LogP contribution in [0.25, 0.3) is 0 Å². The Morgan fingerprint density at radius 1 is 1.29 bits per heavy atom. The summed E-state index contributed by atoms with van der Waals surface area (Å²) >= 11 is 0. The fraction of sp³-hybridized carbons (Fsp3) is 0.375. The molecule has 0 atom stereocenters. The Balaban J connectivity index is 1.79. The molecule has 0 unspecified atom stereocenters. The fourth-order valence-electron chi connectivity index (χ4n) is 2.32. The Morgan fingerprint density at radius 3 is 2.81 bits per heavy atom. The van der Waals surface area contributed by atoms with E-state index in [9.17, 15) is 0 Å². The number of aromatic nitrogens is 2. The van der Waals surface area contributed by atoms with Crippen molar-refractivity contribution < 1.29 is 4.74 Å². The van der Waals surface area contributed by atoms with E-state index in [-0.39, 0.29) is 0 Å². The molecular formula is C16H20N4O. The lowest BCUT2D eigenvalue weighted by Gasteiger charge is -2.19. The number of hydrogen-bond donors (Lipinski definition) is 1. The molecule has 1 fully saturated rings. The smallest absolute Gasteiger partial charge is 0.136 e. The highest BCUT2D eigenvalue weighted by molar-refractivity contribution is 5.47. The van der Waals surface area contributed by atoms with Gasteiger partial charge in [-0.05, 0) is 30.5 Å². The molecule has 0 amide bonds. The number of nitrogens with two attached hydrogens (primary N) is 1. The highest BCUT2D eigenvalue weighted by Crippen LogP contribution is 2.38. The second-order valence-electron chi connectivity index (χ2n) is 5.49. The lowest BCUT2D eigenvalue weighted by molar-refractivity contribution is 0.414. The van der Waals surface area contributed by atoms with Crippen LogP contribution in [0, 0.1) is 0 Å². The number of rotatable bonds is 5. The molecule has 1 heterocycles. The van der Waals surface area contributed by atoms with E-state index in [0.29, 0.717) is 11.7 Å². The molecule has 5 heteroatoms. The van der Waals surface area contributed by atoms with Crippen molar-refractivity contribution in [3.63, 3.8) is 0 Å². The maximum atomic E-state index is 5.90. The van der Waals surface area contributed by atoms with Gasteiger partial charge >= 0.3 is 0 Å². The van der Waals surface area contributed by atoms with Gasteiger partial charge in [0.2, 0.25) is 0 Å². The van der Waals surface area contributed by atoms with Gasteiger partial charge in [-0.15, -0.1) is 0 Å². The Hall–Kier alpha value is -2.30. The summed E-state index contributed by atoms with van der Waals surface area (Å²) in [5.41, 5.74) is 7.07. The molecule has 0 radical (unpaired) electrons. The SMILES string of the molecule is COc1cccc(CN(C)c2cc(N)nc(C3CC3)n2)c1. The number of benzene rings is 1. The first-order chi connectivity index (χ1) is 10.2. The molecule has 1 aliphatic carbocycles. The molecule has 1 aliphatic rings. The zero-order chi connectivity index (χ0) is 14.8. The van der Waals surface area contributed by atoms with Gasteiger partial charge in [0, 0.05) is 25.6 Å². The van der Waals surface area contributed by atoms with E-state index in [0.717, 1.165) is 23.9 Å². The first-order valence-corrected chi connectivity index (χ1v) is 7.14. The van der Waals surface area contributed by atoms with Crippen LogP contribution in [0.4, 0.5) is 11.6 Å². The number of anilines is 2. The monoisotopic (exact) mass is 284 g/mol. The van der Waals surface area contributed by atoms with Crippen LogP contribution >= 0.6 is 0 Å². The van der Waals surface area contributed by atoms with E-state index in [1.54, 1.807) is 7.11 Å². The second kappa shape index (κ2) is 5.60. The summed E-state index contributed by atoms with van der Waals surface area (Å²) in [4.78, 5) is 11.1. The zero-order valence-corrected chi connectivity index (χ0v) is 12.4. The van der Waals surface area contributed by atoms with Gasteiger partial charge in [0.15, 0.2) is 0 Å². The Bertz CT molecular complexity index is 640. The van der Waals surface area contributed by atoms with Crippen LogP contribution in [0.3, 0.4) is 0 Å². The van der Waals surface area contributed by atoms with E-state index >= 15 is 0 Å². The third-order valence-corrected chi connectivity index (χ3v) is 3.64. The van der Waals surface area contributed by atoms with Gasteiger partial charge in [-0.2, -0.15) is 0 Å². The molecular weight excluding hydrogens is 264 g/mol. The van der Waals surface area contributed by atoms with Crippen molar-refractivity contribution >= 4 is 11.6 Å². The molecule has 110 valence electrons. The normalized spacial score (nSPS) is 14.0. The van der Waals surface area contributed by atoms with Crippen LogP contribution in [-0.4, -0.2) is 24.1 Å². The summed E-state index contributed by atoms with van der Waals surface area (Å²) in [5.74, 6) is 3.65. The van der Waals surface area contributed by atoms with Crippen molar-refractivity contribution in [2.75, 3.05) is 24.8 Å². The number of methoxy groups -OCH3 is 1. The van der Waals surface area contributed by atoms with Crippen LogP contribution in [0.1, 0.15) is 30.1 Å². The van der Waals surface area contributed by atoms with Crippen molar-refractivity contribution in [1.29, 1.82) is 0 Å². The second-order valence-corrected chi connectivity index (χ2v) is 5.49. The Labute approximate surface area is 124 Å². The molecule has 1 saturated carbocycles. The maximum Gasteiger partial charge on any atom is 0.136 e. The molecule has 2 N–H and O–H groups in total. The molecule has 3 rings (SSSR count). The predicted octanol–water partition coefficient (Wildman–Crippen LogP) is 2.58. The Kier molecular flexibility index (Phi) is 3.64. The van der Waals surface area contributed by atoms with Crippen molar-refractivity contribution in [2.45, 2.75) is 25.3 Å². The zero-order valence-electron chi connectivity index (χ0n) is 12.4. The van der Waals surface area contributed by atoms with Gasteiger partial charge in [-0.1, -0.05) is 12.1 Å². The van der Waals surface area contributed by atoms with E-state index in [4.69, 9.17) is 10.5 Å². The van der Waals surface area contributed by atoms with Crippen LogP contribution in [0.5, 0.6) is 5.75 Å². The lowest BCUT2D eigenvalue weighted by atomic mass is 10.2. The Morgan fingerprint density at radius 2 is 2.10 bits per heavy atom. The molecule has 1 aromatic carbocycles. The third kappa shape index (κ3) is 3.24. The van der Waals surface area contributed by atoms with Crippen LogP contribution in [0.15, 0.2) is 30.3 Å². The molecule has 0 spiro atoms. The minimum Gasteiger partial charge on any atom is -0.497 e. The minimum atomic E-state index is 0.498. The molecule has 5 nitrogen and oxygen atoms in total. The van der Waals surface area contributed by atoms with Crippen molar-refractivity contribution in [3.05, 3.63) is 41.7 Å². The highest BCUT2D eigenvalue weighted by atomic mass is 16.5. The van der Waals surface area contributed by atoms with Crippen molar-refractivity contribution in [3.8, 4) is 5.75 Å². The summed E-state index contributed by atoms with van der Waals surface area (Å²) < 4.78 is 5.26. The average molecular weight is 284 g/mol. The predicted molar refractivity (Wildman–Crippen MR) is 83.5 cm³/mol. The third-order valence-electron chi connectivity index (χ3n) is 3.64. The number of nitrogens with zero attached hydrogens (tertiary/aromatic N) is 3.